The first-order valence-corrected chi connectivity index (χ1v) is 7.23. The highest BCUT2D eigenvalue weighted by molar-refractivity contribution is 8.01. The molecule has 2 aromatic heterocycles. The first-order chi connectivity index (χ1) is 8.06. The molecule has 0 spiro atoms. The first kappa shape index (κ1) is 12.7. The zero-order valence-electron chi connectivity index (χ0n) is 10.1. The lowest BCUT2D eigenvalue weighted by Crippen LogP contribution is -2.22. The van der Waals surface area contributed by atoms with E-state index in [-0.39, 0.29) is 11.3 Å². The monoisotopic (exact) mass is 268 g/mol. The van der Waals surface area contributed by atoms with Crippen LogP contribution in [0.2, 0.25) is 0 Å². The van der Waals surface area contributed by atoms with Crippen LogP contribution in [-0.2, 0) is 0 Å². The van der Waals surface area contributed by atoms with E-state index in [2.05, 4.69) is 4.98 Å². The number of nitrogens with zero attached hydrogens (tertiary/aromatic N) is 1. The molecule has 0 aliphatic heterocycles. The fourth-order valence-corrected chi connectivity index (χ4v) is 3.60. The summed E-state index contributed by atoms with van der Waals surface area (Å²) in [6.45, 7) is 5.94. The SMILES string of the molecule is Cc1csc(SC(c2ccc(C)o2)C(C)N)n1. The number of hydrogen-bond donors (Lipinski definition) is 1. The van der Waals surface area contributed by atoms with Gasteiger partial charge in [-0.2, -0.15) is 0 Å². The molecule has 2 aromatic rings. The Hall–Kier alpha value is -0.780. The predicted molar refractivity (Wildman–Crippen MR) is 72.5 cm³/mol. The minimum Gasteiger partial charge on any atom is -0.465 e. The zero-order valence-corrected chi connectivity index (χ0v) is 11.8. The fourth-order valence-electron chi connectivity index (χ4n) is 1.53. The first-order valence-electron chi connectivity index (χ1n) is 5.47. The quantitative estimate of drug-likeness (QED) is 0.862. The standard InChI is InChI=1S/C12H16N2OS2/c1-7-6-16-12(14-7)17-11(9(3)13)10-5-4-8(2)15-10/h4-6,9,11H,13H2,1-3H3. The van der Waals surface area contributed by atoms with E-state index in [1.807, 2.05) is 38.3 Å². The van der Waals surface area contributed by atoms with Crippen molar-refractivity contribution in [3.05, 3.63) is 34.7 Å². The van der Waals surface area contributed by atoms with E-state index in [0.717, 1.165) is 21.6 Å². The lowest BCUT2D eigenvalue weighted by molar-refractivity contribution is 0.464. The van der Waals surface area contributed by atoms with E-state index in [4.69, 9.17) is 10.2 Å². The molecular formula is C12H16N2OS2. The summed E-state index contributed by atoms with van der Waals surface area (Å²) >= 11 is 3.32. The van der Waals surface area contributed by atoms with E-state index in [1.165, 1.54) is 0 Å². The average Bonchev–Trinajstić information content (AvgIpc) is 2.83. The lowest BCUT2D eigenvalue weighted by atomic mass is 10.2. The maximum absolute atomic E-state index is 6.03. The van der Waals surface area contributed by atoms with Crippen molar-refractivity contribution in [1.29, 1.82) is 0 Å². The summed E-state index contributed by atoms with van der Waals surface area (Å²) in [6, 6.07) is 3.99. The maximum Gasteiger partial charge on any atom is 0.150 e. The van der Waals surface area contributed by atoms with Crippen LogP contribution in [0, 0.1) is 13.8 Å². The summed E-state index contributed by atoms with van der Waals surface area (Å²) in [5, 5.41) is 2.17. The van der Waals surface area contributed by atoms with E-state index in [0.29, 0.717) is 0 Å². The Labute approximate surface area is 109 Å². The molecule has 0 saturated heterocycles. The number of thioether (sulfide) groups is 1. The summed E-state index contributed by atoms with van der Waals surface area (Å²) in [7, 11) is 0. The Kier molecular flexibility index (Phi) is 3.91. The molecule has 92 valence electrons. The molecule has 2 unspecified atom stereocenters. The highest BCUT2D eigenvalue weighted by Gasteiger charge is 2.22. The molecule has 0 amide bonds. The molecule has 2 N–H and O–H groups in total. The average molecular weight is 268 g/mol. The van der Waals surface area contributed by atoms with Gasteiger partial charge in [0.25, 0.3) is 0 Å². The second kappa shape index (κ2) is 5.25. The number of furan rings is 1. The Bertz CT molecular complexity index is 490. The number of nitrogens with two attached hydrogens (primary N) is 1. The van der Waals surface area contributed by atoms with Gasteiger partial charge in [0, 0.05) is 17.1 Å². The molecule has 0 saturated carbocycles. The van der Waals surface area contributed by atoms with Gasteiger partial charge < -0.3 is 10.2 Å². The number of thiazole rings is 1. The van der Waals surface area contributed by atoms with Crippen molar-refractivity contribution < 1.29 is 4.42 Å². The van der Waals surface area contributed by atoms with Gasteiger partial charge in [-0.15, -0.1) is 11.3 Å². The largest absolute Gasteiger partial charge is 0.465 e. The molecule has 3 nitrogen and oxygen atoms in total. The third-order valence-corrected chi connectivity index (χ3v) is 4.88. The molecule has 0 radical (unpaired) electrons. The van der Waals surface area contributed by atoms with Crippen molar-refractivity contribution in [2.45, 2.75) is 36.4 Å². The number of rotatable bonds is 4. The smallest absolute Gasteiger partial charge is 0.150 e. The van der Waals surface area contributed by atoms with Gasteiger partial charge >= 0.3 is 0 Å². The summed E-state index contributed by atoms with van der Waals surface area (Å²) in [5.41, 5.74) is 7.08. The van der Waals surface area contributed by atoms with Crippen molar-refractivity contribution in [2.24, 2.45) is 5.73 Å². The van der Waals surface area contributed by atoms with E-state index in [9.17, 15) is 0 Å². The summed E-state index contributed by atoms with van der Waals surface area (Å²) in [4.78, 5) is 4.45. The third-order valence-electron chi connectivity index (χ3n) is 2.34. The molecular weight excluding hydrogens is 252 g/mol. The Balaban J connectivity index is 2.18. The van der Waals surface area contributed by atoms with Crippen molar-refractivity contribution >= 4 is 23.1 Å². The van der Waals surface area contributed by atoms with Crippen LogP contribution >= 0.6 is 23.1 Å². The molecule has 17 heavy (non-hydrogen) atoms. The third kappa shape index (κ3) is 3.12. The molecule has 0 fully saturated rings. The van der Waals surface area contributed by atoms with Gasteiger partial charge in [-0.25, -0.2) is 4.98 Å². The highest BCUT2D eigenvalue weighted by Crippen LogP contribution is 2.39. The second-order valence-electron chi connectivity index (χ2n) is 4.10. The minimum absolute atomic E-state index is 0.0229. The molecule has 2 atom stereocenters. The van der Waals surface area contributed by atoms with Crippen LogP contribution in [0.3, 0.4) is 0 Å². The molecule has 2 rings (SSSR count). The zero-order chi connectivity index (χ0) is 12.4. The van der Waals surface area contributed by atoms with Crippen LogP contribution in [0.25, 0.3) is 0 Å². The van der Waals surface area contributed by atoms with Crippen molar-refractivity contribution in [1.82, 2.24) is 4.98 Å². The van der Waals surface area contributed by atoms with Crippen molar-refractivity contribution in [2.75, 3.05) is 0 Å². The molecule has 0 aliphatic carbocycles. The Morgan fingerprint density at radius 2 is 2.18 bits per heavy atom. The molecule has 0 aliphatic rings. The second-order valence-corrected chi connectivity index (χ2v) is 6.35. The summed E-state index contributed by atoms with van der Waals surface area (Å²) in [5.74, 6) is 1.84. The van der Waals surface area contributed by atoms with Gasteiger partial charge in [0.2, 0.25) is 0 Å². The molecule has 2 heterocycles. The van der Waals surface area contributed by atoms with Gasteiger partial charge in [0.15, 0.2) is 4.34 Å². The fraction of sp³-hybridized carbons (Fsp3) is 0.417. The van der Waals surface area contributed by atoms with Gasteiger partial charge in [0.1, 0.15) is 11.5 Å². The van der Waals surface area contributed by atoms with Crippen molar-refractivity contribution in [3.8, 4) is 0 Å². The van der Waals surface area contributed by atoms with E-state index >= 15 is 0 Å². The van der Waals surface area contributed by atoms with Crippen LogP contribution < -0.4 is 5.73 Å². The molecule has 0 bridgehead atoms. The topological polar surface area (TPSA) is 52.0 Å². The van der Waals surface area contributed by atoms with Gasteiger partial charge in [0.05, 0.1) is 5.25 Å². The highest BCUT2D eigenvalue weighted by atomic mass is 32.2. The Morgan fingerprint density at radius 3 is 2.65 bits per heavy atom. The summed E-state index contributed by atoms with van der Waals surface area (Å²) in [6.07, 6.45) is 0. The van der Waals surface area contributed by atoms with E-state index < -0.39 is 0 Å². The van der Waals surface area contributed by atoms with Crippen LogP contribution in [0.1, 0.15) is 29.4 Å². The lowest BCUT2D eigenvalue weighted by Gasteiger charge is -2.16. The van der Waals surface area contributed by atoms with Crippen LogP contribution in [0.4, 0.5) is 0 Å². The normalized spacial score (nSPS) is 14.8. The minimum atomic E-state index is 0.0229. The van der Waals surface area contributed by atoms with Crippen LogP contribution in [0.15, 0.2) is 26.3 Å². The van der Waals surface area contributed by atoms with Crippen LogP contribution in [0.5, 0.6) is 0 Å². The number of hydrogen-bond acceptors (Lipinski definition) is 5. The number of aromatic nitrogens is 1. The van der Waals surface area contributed by atoms with Crippen LogP contribution in [-0.4, -0.2) is 11.0 Å². The molecule has 0 aromatic carbocycles. The predicted octanol–water partition coefficient (Wildman–Crippen LogP) is 3.53. The van der Waals surface area contributed by atoms with Gasteiger partial charge in [-0.3, -0.25) is 0 Å². The van der Waals surface area contributed by atoms with E-state index in [1.54, 1.807) is 23.1 Å². The van der Waals surface area contributed by atoms with Crippen molar-refractivity contribution in [3.63, 3.8) is 0 Å². The maximum atomic E-state index is 6.03. The number of aryl methyl sites for hydroxylation is 2. The van der Waals surface area contributed by atoms with Gasteiger partial charge in [-0.05, 0) is 32.9 Å². The Morgan fingerprint density at radius 1 is 1.41 bits per heavy atom. The molecule has 5 heteroatoms. The summed E-state index contributed by atoms with van der Waals surface area (Å²) < 4.78 is 6.70. The van der Waals surface area contributed by atoms with Gasteiger partial charge in [-0.1, -0.05) is 11.8 Å².